The van der Waals surface area contributed by atoms with E-state index in [0.717, 1.165) is 31.2 Å². The summed E-state index contributed by atoms with van der Waals surface area (Å²) in [5, 5.41) is 3.00. The van der Waals surface area contributed by atoms with Crippen molar-refractivity contribution in [2.45, 2.75) is 37.6 Å². The number of aromatic nitrogens is 1. The molecule has 0 spiro atoms. The first-order valence-electron chi connectivity index (χ1n) is 8.50. The molecule has 3 rings (SSSR count). The zero-order valence-electron chi connectivity index (χ0n) is 14.3. The van der Waals surface area contributed by atoms with E-state index in [4.69, 9.17) is 10.5 Å². The number of nitrogens with zero attached hydrogens (tertiary/aromatic N) is 2. The summed E-state index contributed by atoms with van der Waals surface area (Å²) in [6.45, 7) is 0. The number of aliphatic imine (C=N–C) groups is 1. The number of benzene rings is 1. The lowest BCUT2D eigenvalue weighted by Gasteiger charge is -2.27. The molecular formula is C19H23FN4O. The quantitative estimate of drug-likeness (QED) is 0.657. The maximum absolute atomic E-state index is 13.4. The van der Waals surface area contributed by atoms with Crippen LogP contribution in [0.5, 0.6) is 5.75 Å². The summed E-state index contributed by atoms with van der Waals surface area (Å²) in [5.74, 6) is 1.93. The molecule has 0 saturated heterocycles. The molecule has 1 aromatic carbocycles. The van der Waals surface area contributed by atoms with Crippen molar-refractivity contribution in [2.24, 2.45) is 10.7 Å². The second-order valence-corrected chi connectivity index (χ2v) is 6.28. The molecule has 1 aromatic heterocycles. The molecule has 5 nitrogen and oxygen atoms in total. The number of anilines is 1. The van der Waals surface area contributed by atoms with Crippen LogP contribution in [0.4, 0.5) is 10.2 Å². The van der Waals surface area contributed by atoms with Gasteiger partial charge in [0, 0.05) is 0 Å². The Hall–Kier alpha value is -2.63. The molecule has 3 N–H and O–H groups in total. The smallest absolute Gasteiger partial charge is 0.194 e. The lowest BCUT2D eigenvalue weighted by atomic mass is 9.82. The highest BCUT2D eigenvalue weighted by Gasteiger charge is 2.22. The maximum atomic E-state index is 13.4. The molecule has 0 unspecified atom stereocenters. The van der Waals surface area contributed by atoms with Crippen LogP contribution in [0.2, 0.25) is 0 Å². The lowest BCUT2D eigenvalue weighted by Crippen LogP contribution is -2.27. The van der Waals surface area contributed by atoms with Gasteiger partial charge < -0.3 is 15.8 Å². The number of rotatable bonds is 4. The normalized spacial score (nSPS) is 21.0. The summed E-state index contributed by atoms with van der Waals surface area (Å²) < 4.78 is 18.4. The summed E-state index contributed by atoms with van der Waals surface area (Å²) in [5.41, 5.74) is 7.07. The van der Waals surface area contributed by atoms with E-state index in [1.807, 2.05) is 12.1 Å². The van der Waals surface area contributed by atoms with Crippen LogP contribution in [0.25, 0.3) is 0 Å². The molecule has 1 aliphatic rings. The average molecular weight is 342 g/mol. The first-order valence-corrected chi connectivity index (χ1v) is 8.50. The van der Waals surface area contributed by atoms with Crippen LogP contribution >= 0.6 is 0 Å². The standard InChI is InChI=1S/C19H23FN4O/c1-25-17-9-10-18(22-12-17)24-19(21)23-16-7-5-13(6-8-16)14-3-2-4-15(20)11-14/h2-4,9-13,16H,5-8H2,1H3,(H3,21,22,23,24). The molecule has 6 heteroatoms. The summed E-state index contributed by atoms with van der Waals surface area (Å²) in [6.07, 6.45) is 5.50. The van der Waals surface area contributed by atoms with E-state index in [1.54, 1.807) is 31.5 Å². The molecule has 1 heterocycles. The number of hydrogen-bond donors (Lipinski definition) is 2. The van der Waals surface area contributed by atoms with Crippen molar-refractivity contribution >= 4 is 11.8 Å². The molecule has 0 radical (unpaired) electrons. The predicted octanol–water partition coefficient (Wildman–Crippen LogP) is 3.68. The highest BCUT2D eigenvalue weighted by molar-refractivity contribution is 5.91. The number of nitrogens with one attached hydrogen (secondary N) is 1. The fourth-order valence-electron chi connectivity index (χ4n) is 3.23. The lowest BCUT2D eigenvalue weighted by molar-refractivity contribution is 0.396. The third-order valence-corrected chi connectivity index (χ3v) is 4.57. The number of guanidine groups is 1. The van der Waals surface area contributed by atoms with Crippen LogP contribution in [0.15, 0.2) is 47.6 Å². The van der Waals surface area contributed by atoms with E-state index in [2.05, 4.69) is 15.3 Å². The monoisotopic (exact) mass is 342 g/mol. The van der Waals surface area contributed by atoms with Gasteiger partial charge in [0.2, 0.25) is 0 Å². The number of hydrogen-bond acceptors (Lipinski definition) is 3. The van der Waals surface area contributed by atoms with Gasteiger partial charge in [0.15, 0.2) is 5.96 Å². The molecule has 132 valence electrons. The molecular weight excluding hydrogens is 319 g/mol. The van der Waals surface area contributed by atoms with Gasteiger partial charge in [0.25, 0.3) is 0 Å². The molecule has 1 saturated carbocycles. The van der Waals surface area contributed by atoms with Gasteiger partial charge in [0.1, 0.15) is 17.4 Å². The van der Waals surface area contributed by atoms with Crippen molar-refractivity contribution in [2.75, 3.05) is 12.4 Å². The zero-order valence-corrected chi connectivity index (χ0v) is 14.3. The van der Waals surface area contributed by atoms with Crippen LogP contribution in [-0.4, -0.2) is 24.1 Å². The van der Waals surface area contributed by atoms with E-state index in [1.165, 1.54) is 6.07 Å². The van der Waals surface area contributed by atoms with Gasteiger partial charge in [-0.2, -0.15) is 0 Å². The first kappa shape index (κ1) is 17.2. The van der Waals surface area contributed by atoms with Crippen molar-refractivity contribution in [3.05, 3.63) is 54.0 Å². The van der Waals surface area contributed by atoms with E-state index in [0.29, 0.717) is 23.4 Å². The van der Waals surface area contributed by atoms with Crippen LogP contribution < -0.4 is 15.8 Å². The number of pyridine rings is 1. The number of halogens is 1. The first-order chi connectivity index (χ1) is 12.1. The Kier molecular flexibility index (Phi) is 5.48. The van der Waals surface area contributed by atoms with E-state index in [-0.39, 0.29) is 11.9 Å². The van der Waals surface area contributed by atoms with E-state index in [9.17, 15) is 4.39 Å². The van der Waals surface area contributed by atoms with Gasteiger partial charge >= 0.3 is 0 Å². The largest absolute Gasteiger partial charge is 0.495 e. The Balaban J connectivity index is 1.54. The van der Waals surface area contributed by atoms with Gasteiger partial charge in [-0.3, -0.25) is 0 Å². The third kappa shape index (κ3) is 4.68. The Morgan fingerprint density at radius 3 is 2.68 bits per heavy atom. The Labute approximate surface area is 147 Å². The van der Waals surface area contributed by atoms with E-state index >= 15 is 0 Å². The highest BCUT2D eigenvalue weighted by Crippen LogP contribution is 2.34. The molecule has 25 heavy (non-hydrogen) atoms. The fraction of sp³-hybridized carbons (Fsp3) is 0.368. The van der Waals surface area contributed by atoms with Gasteiger partial charge in [-0.15, -0.1) is 0 Å². The zero-order chi connectivity index (χ0) is 17.6. The van der Waals surface area contributed by atoms with Gasteiger partial charge in [0.05, 0.1) is 19.3 Å². The summed E-state index contributed by atoms with van der Waals surface area (Å²) in [7, 11) is 1.60. The molecule has 0 amide bonds. The van der Waals surface area contributed by atoms with E-state index < -0.39 is 0 Å². The molecule has 0 aliphatic heterocycles. The third-order valence-electron chi connectivity index (χ3n) is 4.57. The van der Waals surface area contributed by atoms with Crippen LogP contribution in [-0.2, 0) is 0 Å². The molecule has 0 bridgehead atoms. The SMILES string of the molecule is COc1ccc(NC(N)=NC2CCC(c3cccc(F)c3)CC2)nc1. The minimum atomic E-state index is -0.168. The Morgan fingerprint density at radius 2 is 2.04 bits per heavy atom. The summed E-state index contributed by atoms with van der Waals surface area (Å²) in [4.78, 5) is 8.77. The number of ether oxygens (including phenoxy) is 1. The second kappa shape index (κ2) is 7.96. The van der Waals surface area contributed by atoms with Gasteiger partial charge in [-0.1, -0.05) is 12.1 Å². The number of nitrogens with two attached hydrogens (primary N) is 1. The van der Waals surface area contributed by atoms with Crippen molar-refractivity contribution in [3.63, 3.8) is 0 Å². The molecule has 1 fully saturated rings. The molecule has 0 atom stereocenters. The van der Waals surface area contributed by atoms with Gasteiger partial charge in [-0.05, 0) is 61.4 Å². The van der Waals surface area contributed by atoms with Crippen molar-refractivity contribution in [1.82, 2.24) is 4.98 Å². The highest BCUT2D eigenvalue weighted by atomic mass is 19.1. The number of methoxy groups -OCH3 is 1. The average Bonchev–Trinajstić information content (AvgIpc) is 2.63. The maximum Gasteiger partial charge on any atom is 0.194 e. The minimum absolute atomic E-state index is 0.168. The second-order valence-electron chi connectivity index (χ2n) is 6.28. The predicted molar refractivity (Wildman–Crippen MR) is 97.4 cm³/mol. The Bertz CT molecular complexity index is 724. The van der Waals surface area contributed by atoms with Crippen molar-refractivity contribution < 1.29 is 9.13 Å². The van der Waals surface area contributed by atoms with Crippen LogP contribution in [0.1, 0.15) is 37.2 Å². The van der Waals surface area contributed by atoms with Crippen LogP contribution in [0, 0.1) is 5.82 Å². The fourth-order valence-corrected chi connectivity index (χ4v) is 3.23. The molecule has 1 aliphatic carbocycles. The summed E-state index contributed by atoms with van der Waals surface area (Å²) in [6, 6.07) is 10.7. The summed E-state index contributed by atoms with van der Waals surface area (Å²) >= 11 is 0. The van der Waals surface area contributed by atoms with Crippen molar-refractivity contribution in [1.29, 1.82) is 0 Å². The van der Waals surface area contributed by atoms with Gasteiger partial charge in [-0.25, -0.2) is 14.4 Å². The Morgan fingerprint density at radius 1 is 1.24 bits per heavy atom. The van der Waals surface area contributed by atoms with Crippen molar-refractivity contribution in [3.8, 4) is 5.75 Å². The topological polar surface area (TPSA) is 72.5 Å². The molecule has 2 aromatic rings. The minimum Gasteiger partial charge on any atom is -0.495 e. The van der Waals surface area contributed by atoms with Crippen LogP contribution in [0.3, 0.4) is 0 Å².